The molecule has 33 heavy (non-hydrogen) atoms. The molecule has 0 spiro atoms. The molecule has 0 saturated carbocycles. The molecule has 0 unspecified atom stereocenters. The molecular weight excluding hydrogens is 420 g/mol. The van der Waals surface area contributed by atoms with Crippen molar-refractivity contribution in [3.63, 3.8) is 0 Å². The van der Waals surface area contributed by atoms with E-state index >= 15 is 0 Å². The lowest BCUT2D eigenvalue weighted by atomic mass is 10.1. The molecular formula is C25H24N4O4. The average molecular weight is 444 g/mol. The van der Waals surface area contributed by atoms with Gasteiger partial charge in [-0.3, -0.25) is 9.36 Å². The number of nitrogens with zero attached hydrogens (tertiary/aromatic N) is 4. The third-order valence-electron chi connectivity index (χ3n) is 5.09. The van der Waals surface area contributed by atoms with E-state index in [0.717, 1.165) is 16.6 Å². The van der Waals surface area contributed by atoms with Gasteiger partial charge < -0.3 is 9.84 Å². The third kappa shape index (κ3) is 5.52. The van der Waals surface area contributed by atoms with Crippen LogP contribution in [0.25, 0.3) is 0 Å². The summed E-state index contributed by atoms with van der Waals surface area (Å²) in [5.41, 5.74) is 1.39. The number of esters is 1. The van der Waals surface area contributed by atoms with Crippen molar-refractivity contribution in [3.8, 4) is 11.9 Å². The molecule has 0 aliphatic carbocycles. The van der Waals surface area contributed by atoms with Crippen molar-refractivity contribution in [1.29, 1.82) is 5.26 Å². The first-order chi connectivity index (χ1) is 16.0. The predicted molar refractivity (Wildman–Crippen MR) is 123 cm³/mol. The van der Waals surface area contributed by atoms with E-state index in [1.807, 2.05) is 43.3 Å². The van der Waals surface area contributed by atoms with Crippen molar-refractivity contribution in [2.75, 3.05) is 0 Å². The number of aromatic hydroxyl groups is 1. The monoisotopic (exact) mass is 444 g/mol. The lowest BCUT2D eigenvalue weighted by molar-refractivity contribution is 0.0472. The number of benzene rings is 2. The van der Waals surface area contributed by atoms with Gasteiger partial charge in [0.15, 0.2) is 5.69 Å². The second kappa shape index (κ2) is 10.9. The first-order valence-electron chi connectivity index (χ1n) is 10.6. The van der Waals surface area contributed by atoms with Gasteiger partial charge in [0.2, 0.25) is 5.88 Å². The van der Waals surface area contributed by atoms with Crippen LogP contribution in [0.15, 0.2) is 69.6 Å². The minimum absolute atomic E-state index is 0.0635. The van der Waals surface area contributed by atoms with E-state index in [1.54, 1.807) is 31.2 Å². The number of pyridine rings is 1. The fourth-order valence-electron chi connectivity index (χ4n) is 3.16. The van der Waals surface area contributed by atoms with Gasteiger partial charge in [0.05, 0.1) is 11.3 Å². The molecule has 0 aliphatic rings. The smallest absolute Gasteiger partial charge is 0.338 e. The maximum Gasteiger partial charge on any atom is 0.338 e. The summed E-state index contributed by atoms with van der Waals surface area (Å²) < 4.78 is 6.46. The van der Waals surface area contributed by atoms with Crippen LogP contribution in [0.1, 0.15) is 46.8 Å². The number of unbranched alkanes of at least 4 members (excludes halogenated alkanes) is 1. The highest BCUT2D eigenvalue weighted by Gasteiger charge is 2.19. The number of carbonyl (C=O) groups excluding carboxylic acids is 1. The maximum absolute atomic E-state index is 12.5. The van der Waals surface area contributed by atoms with E-state index in [-0.39, 0.29) is 35.8 Å². The molecule has 1 aromatic heterocycles. The topological polar surface area (TPSA) is 117 Å². The Morgan fingerprint density at radius 3 is 2.45 bits per heavy atom. The second-order valence-corrected chi connectivity index (χ2v) is 7.40. The van der Waals surface area contributed by atoms with Crippen LogP contribution in [-0.4, -0.2) is 15.6 Å². The molecule has 0 radical (unpaired) electrons. The van der Waals surface area contributed by atoms with Crippen LogP contribution >= 0.6 is 0 Å². The highest BCUT2D eigenvalue weighted by atomic mass is 16.5. The van der Waals surface area contributed by atoms with Crippen molar-refractivity contribution in [2.24, 2.45) is 10.2 Å². The van der Waals surface area contributed by atoms with Crippen LogP contribution in [0, 0.1) is 18.3 Å². The number of ether oxygens (including phenoxy) is 1. The molecule has 0 atom stereocenters. The molecule has 2 aromatic carbocycles. The number of nitriles is 1. The molecule has 1 heterocycles. The van der Waals surface area contributed by atoms with Crippen LogP contribution in [0.3, 0.4) is 0 Å². The normalized spacial score (nSPS) is 10.8. The van der Waals surface area contributed by atoms with Crippen LogP contribution in [0.4, 0.5) is 11.4 Å². The Morgan fingerprint density at radius 2 is 1.82 bits per heavy atom. The van der Waals surface area contributed by atoms with Crippen LogP contribution < -0.4 is 5.56 Å². The fraction of sp³-hybridized carbons (Fsp3) is 0.240. The van der Waals surface area contributed by atoms with Gasteiger partial charge in [-0.05, 0) is 43.2 Å². The van der Waals surface area contributed by atoms with Crippen LogP contribution in [0.2, 0.25) is 0 Å². The molecule has 3 rings (SSSR count). The van der Waals surface area contributed by atoms with E-state index in [4.69, 9.17) is 4.74 Å². The summed E-state index contributed by atoms with van der Waals surface area (Å²) in [6.45, 7) is 3.96. The fourth-order valence-corrected chi connectivity index (χ4v) is 3.16. The Labute approximate surface area is 191 Å². The van der Waals surface area contributed by atoms with Gasteiger partial charge in [-0.25, -0.2) is 4.79 Å². The SMILES string of the molecule is CCCCn1c(O)c(N=Nc2ccc(C(=O)OCc3ccccc3)cc2)c(C)c(C#N)c1=O. The average Bonchev–Trinajstić information content (AvgIpc) is 2.83. The van der Waals surface area contributed by atoms with E-state index in [9.17, 15) is 20.0 Å². The highest BCUT2D eigenvalue weighted by molar-refractivity contribution is 5.89. The Bertz CT molecular complexity index is 1260. The minimum atomic E-state index is -0.543. The number of carbonyl (C=O) groups is 1. The third-order valence-corrected chi connectivity index (χ3v) is 5.09. The first-order valence-corrected chi connectivity index (χ1v) is 10.6. The number of hydrogen-bond donors (Lipinski definition) is 1. The zero-order valence-electron chi connectivity index (χ0n) is 18.5. The Hall–Kier alpha value is -4.25. The van der Waals surface area contributed by atoms with Gasteiger partial charge >= 0.3 is 5.97 Å². The summed E-state index contributed by atoms with van der Waals surface area (Å²) in [7, 11) is 0. The molecule has 0 aliphatic heterocycles. The zero-order chi connectivity index (χ0) is 23.8. The molecule has 0 amide bonds. The summed E-state index contributed by atoms with van der Waals surface area (Å²) in [5.74, 6) is -0.785. The molecule has 0 fully saturated rings. The molecule has 168 valence electrons. The molecule has 8 heteroatoms. The van der Waals surface area contributed by atoms with Crippen molar-refractivity contribution < 1.29 is 14.6 Å². The van der Waals surface area contributed by atoms with Gasteiger partial charge in [-0.2, -0.15) is 10.4 Å². The van der Waals surface area contributed by atoms with Gasteiger partial charge in [-0.15, -0.1) is 5.11 Å². The van der Waals surface area contributed by atoms with E-state index in [0.29, 0.717) is 17.7 Å². The summed E-state index contributed by atoms with van der Waals surface area (Å²) in [6, 6.07) is 17.6. The molecule has 1 N–H and O–H groups in total. The van der Waals surface area contributed by atoms with Gasteiger partial charge in [0, 0.05) is 12.1 Å². The Kier molecular flexibility index (Phi) is 7.71. The van der Waals surface area contributed by atoms with Gasteiger partial charge in [0.25, 0.3) is 5.56 Å². The van der Waals surface area contributed by atoms with Gasteiger partial charge in [0.1, 0.15) is 18.2 Å². The first kappa shape index (κ1) is 23.4. The lowest BCUT2D eigenvalue weighted by Gasteiger charge is -2.12. The van der Waals surface area contributed by atoms with E-state index in [2.05, 4.69) is 10.2 Å². The van der Waals surface area contributed by atoms with Crippen LogP contribution in [-0.2, 0) is 17.9 Å². The lowest BCUT2D eigenvalue weighted by Crippen LogP contribution is -2.23. The van der Waals surface area contributed by atoms with Crippen molar-refractivity contribution in [1.82, 2.24) is 4.57 Å². The standard InChI is InChI=1S/C25H24N4O4/c1-3-4-14-29-23(30)21(15-26)17(2)22(24(29)31)28-27-20-12-10-19(11-13-20)25(32)33-16-18-8-6-5-7-9-18/h5-13,31H,3-4,14,16H2,1-2H3. The summed E-state index contributed by atoms with van der Waals surface area (Å²) in [4.78, 5) is 24.7. The zero-order valence-corrected chi connectivity index (χ0v) is 18.5. The summed E-state index contributed by atoms with van der Waals surface area (Å²) in [5, 5.41) is 28.2. The highest BCUT2D eigenvalue weighted by Crippen LogP contribution is 2.32. The number of aromatic nitrogens is 1. The minimum Gasteiger partial charge on any atom is -0.493 e. The van der Waals surface area contributed by atoms with Gasteiger partial charge in [-0.1, -0.05) is 43.7 Å². The molecule has 8 nitrogen and oxygen atoms in total. The van der Waals surface area contributed by atoms with Crippen LogP contribution in [0.5, 0.6) is 5.88 Å². The Morgan fingerprint density at radius 1 is 1.12 bits per heavy atom. The Balaban J connectivity index is 1.79. The van der Waals surface area contributed by atoms with E-state index < -0.39 is 11.5 Å². The summed E-state index contributed by atoms with van der Waals surface area (Å²) >= 11 is 0. The van der Waals surface area contributed by atoms with Crippen molar-refractivity contribution >= 4 is 17.3 Å². The van der Waals surface area contributed by atoms with Crippen molar-refractivity contribution in [2.45, 2.75) is 39.8 Å². The largest absolute Gasteiger partial charge is 0.493 e. The predicted octanol–water partition coefficient (Wildman–Crippen LogP) is 5.31. The van der Waals surface area contributed by atoms with Crippen molar-refractivity contribution in [3.05, 3.63) is 87.2 Å². The number of hydrogen-bond acceptors (Lipinski definition) is 7. The molecule has 0 bridgehead atoms. The van der Waals surface area contributed by atoms with E-state index in [1.165, 1.54) is 0 Å². The quantitative estimate of drug-likeness (QED) is 0.373. The second-order valence-electron chi connectivity index (χ2n) is 7.40. The molecule has 0 saturated heterocycles. The number of azo groups is 1. The summed E-state index contributed by atoms with van der Waals surface area (Å²) in [6.07, 6.45) is 1.48. The maximum atomic E-state index is 12.5. The number of rotatable bonds is 8. The molecule has 3 aromatic rings.